The van der Waals surface area contributed by atoms with Gasteiger partial charge in [0.25, 0.3) is 11.5 Å². The topological polar surface area (TPSA) is 55.2 Å². The maximum atomic E-state index is 13.6. The molecule has 0 spiro atoms. The van der Waals surface area contributed by atoms with Gasteiger partial charge in [-0.05, 0) is 61.4 Å². The summed E-state index contributed by atoms with van der Waals surface area (Å²) in [6.45, 7) is 6.90. The smallest absolute Gasteiger partial charge is 0.261 e. The van der Waals surface area contributed by atoms with Gasteiger partial charge in [-0.1, -0.05) is 48.9 Å². The minimum Gasteiger partial charge on any atom is -0.329 e. The molecule has 0 bridgehead atoms. The molecule has 0 saturated heterocycles. The molecule has 4 aromatic rings. The molecule has 1 aromatic heterocycles. The average molecular weight is 448 g/mol. The average Bonchev–Trinajstić information content (AvgIpc) is 2.81. The molecule has 0 fully saturated rings. The minimum absolute atomic E-state index is 0.0711. The summed E-state index contributed by atoms with van der Waals surface area (Å²) in [4.78, 5) is 33.3. The van der Waals surface area contributed by atoms with E-state index in [2.05, 4.69) is 0 Å². The summed E-state index contributed by atoms with van der Waals surface area (Å²) >= 11 is 6.10. The number of aromatic nitrogens is 2. The zero-order valence-corrected chi connectivity index (χ0v) is 19.3. The predicted octanol–water partition coefficient (Wildman–Crippen LogP) is 5.84. The summed E-state index contributed by atoms with van der Waals surface area (Å²) in [6.07, 6.45) is 0.795. The molecule has 5 nitrogen and oxygen atoms in total. The number of fused-ring (bicyclic) bond motifs is 2. The van der Waals surface area contributed by atoms with Crippen LogP contribution in [-0.4, -0.2) is 26.9 Å². The van der Waals surface area contributed by atoms with Crippen LogP contribution in [-0.2, 0) is 6.54 Å². The van der Waals surface area contributed by atoms with Crippen LogP contribution in [0.1, 0.15) is 49.4 Å². The minimum atomic E-state index is -0.373. The van der Waals surface area contributed by atoms with E-state index in [9.17, 15) is 9.59 Å². The molecule has 6 heteroatoms. The number of carbonyl (C=O) groups excluding carboxylic acids is 1. The van der Waals surface area contributed by atoms with Crippen molar-refractivity contribution in [3.05, 3.63) is 87.4 Å². The van der Waals surface area contributed by atoms with Crippen molar-refractivity contribution in [1.82, 2.24) is 14.5 Å². The Labute approximate surface area is 192 Å². The summed E-state index contributed by atoms with van der Waals surface area (Å²) in [5.74, 6) is 0.508. The van der Waals surface area contributed by atoms with E-state index in [0.29, 0.717) is 40.4 Å². The third-order valence-corrected chi connectivity index (χ3v) is 6.06. The Bertz CT molecular complexity index is 1360. The lowest BCUT2D eigenvalue weighted by atomic mass is 10.1. The number of benzene rings is 3. The van der Waals surface area contributed by atoms with Gasteiger partial charge in [0.15, 0.2) is 0 Å². The number of rotatable bonds is 6. The van der Waals surface area contributed by atoms with Crippen molar-refractivity contribution in [1.29, 1.82) is 0 Å². The highest BCUT2D eigenvalue weighted by Crippen LogP contribution is 2.25. The molecule has 0 radical (unpaired) electrons. The van der Waals surface area contributed by atoms with E-state index in [1.807, 2.05) is 63.2 Å². The number of halogens is 1. The lowest BCUT2D eigenvalue weighted by Gasteiger charge is -2.30. The van der Waals surface area contributed by atoms with Crippen LogP contribution in [0.25, 0.3) is 21.7 Å². The van der Waals surface area contributed by atoms with Crippen LogP contribution in [0, 0.1) is 0 Å². The first-order valence-electron chi connectivity index (χ1n) is 10.9. The van der Waals surface area contributed by atoms with Gasteiger partial charge in [-0.25, -0.2) is 4.98 Å². The second-order valence-corrected chi connectivity index (χ2v) is 8.35. The highest BCUT2D eigenvalue weighted by molar-refractivity contribution is 6.31. The van der Waals surface area contributed by atoms with E-state index in [0.717, 1.165) is 17.2 Å². The number of carbonyl (C=O) groups is 1. The fourth-order valence-electron chi connectivity index (χ4n) is 4.17. The third-order valence-electron chi connectivity index (χ3n) is 5.82. The number of hydrogen-bond donors (Lipinski definition) is 0. The van der Waals surface area contributed by atoms with Crippen LogP contribution in [0.15, 0.2) is 65.5 Å². The second-order valence-electron chi connectivity index (χ2n) is 7.92. The summed E-state index contributed by atoms with van der Waals surface area (Å²) in [5, 5.41) is 3.10. The van der Waals surface area contributed by atoms with Gasteiger partial charge in [-0.3, -0.25) is 14.2 Å². The van der Waals surface area contributed by atoms with E-state index in [-0.39, 0.29) is 17.5 Å². The normalized spacial score (nSPS) is 12.2. The van der Waals surface area contributed by atoms with Gasteiger partial charge in [0.1, 0.15) is 5.82 Å². The molecule has 4 rings (SSSR count). The molecule has 1 heterocycles. The first-order valence-corrected chi connectivity index (χ1v) is 11.3. The number of nitrogens with zero attached hydrogens (tertiary/aromatic N) is 3. The van der Waals surface area contributed by atoms with E-state index in [4.69, 9.17) is 16.6 Å². The highest BCUT2D eigenvalue weighted by atomic mass is 35.5. The zero-order chi connectivity index (χ0) is 22.8. The van der Waals surface area contributed by atoms with Crippen LogP contribution < -0.4 is 5.56 Å². The molecular formula is C26H26ClN3O2. The largest absolute Gasteiger partial charge is 0.329 e. The third kappa shape index (κ3) is 4.00. The van der Waals surface area contributed by atoms with Gasteiger partial charge >= 0.3 is 0 Å². The molecule has 0 aliphatic carbocycles. The predicted molar refractivity (Wildman–Crippen MR) is 130 cm³/mol. The molecule has 0 aliphatic rings. The molecule has 1 amide bonds. The lowest BCUT2D eigenvalue weighted by Crippen LogP contribution is -2.38. The zero-order valence-electron chi connectivity index (χ0n) is 18.5. The van der Waals surface area contributed by atoms with E-state index in [1.54, 1.807) is 27.7 Å². The Kier molecular flexibility index (Phi) is 6.28. The van der Waals surface area contributed by atoms with Crippen LogP contribution in [0.5, 0.6) is 0 Å². The maximum Gasteiger partial charge on any atom is 0.261 e. The van der Waals surface area contributed by atoms with Crippen LogP contribution in [0.2, 0.25) is 5.02 Å². The van der Waals surface area contributed by atoms with Crippen LogP contribution in [0.4, 0.5) is 0 Å². The van der Waals surface area contributed by atoms with Crippen molar-refractivity contribution in [3.63, 3.8) is 0 Å². The monoisotopic (exact) mass is 447 g/mol. The van der Waals surface area contributed by atoms with Gasteiger partial charge in [-0.15, -0.1) is 0 Å². The van der Waals surface area contributed by atoms with Gasteiger partial charge in [0, 0.05) is 23.7 Å². The first kappa shape index (κ1) is 22.0. The molecular weight excluding hydrogens is 422 g/mol. The quantitative estimate of drug-likeness (QED) is 0.373. The van der Waals surface area contributed by atoms with Crippen molar-refractivity contribution in [2.45, 2.75) is 39.8 Å². The first-order chi connectivity index (χ1) is 15.4. The van der Waals surface area contributed by atoms with Crippen molar-refractivity contribution in [2.24, 2.45) is 0 Å². The van der Waals surface area contributed by atoms with Crippen LogP contribution >= 0.6 is 11.6 Å². The van der Waals surface area contributed by atoms with Crippen LogP contribution in [0.3, 0.4) is 0 Å². The molecule has 1 unspecified atom stereocenters. The van der Waals surface area contributed by atoms with Gasteiger partial charge < -0.3 is 4.90 Å². The molecule has 0 aliphatic heterocycles. The van der Waals surface area contributed by atoms with E-state index >= 15 is 0 Å². The van der Waals surface area contributed by atoms with Gasteiger partial charge in [-0.2, -0.15) is 0 Å². The van der Waals surface area contributed by atoms with E-state index in [1.165, 1.54) is 0 Å². The van der Waals surface area contributed by atoms with Crippen molar-refractivity contribution in [3.8, 4) is 0 Å². The number of hydrogen-bond acceptors (Lipinski definition) is 3. The van der Waals surface area contributed by atoms with Gasteiger partial charge in [0.05, 0.1) is 16.9 Å². The van der Waals surface area contributed by atoms with Crippen molar-refractivity contribution >= 4 is 39.2 Å². The summed E-state index contributed by atoms with van der Waals surface area (Å²) in [7, 11) is 0. The Hall–Kier alpha value is -3.18. The SMILES string of the molecule is CCCN(C(=O)c1ccc2ccccc2c1)C(C)c1nc2ccc(Cl)cc2c(=O)n1CC. The Morgan fingerprint density at radius 3 is 2.53 bits per heavy atom. The fourth-order valence-corrected chi connectivity index (χ4v) is 4.35. The summed E-state index contributed by atoms with van der Waals surface area (Å²) in [6, 6.07) is 18.5. The Morgan fingerprint density at radius 2 is 1.81 bits per heavy atom. The summed E-state index contributed by atoms with van der Waals surface area (Å²) in [5.41, 5.74) is 1.07. The molecule has 1 atom stereocenters. The molecule has 3 aromatic carbocycles. The fraction of sp³-hybridized carbons (Fsp3) is 0.269. The van der Waals surface area contributed by atoms with Crippen molar-refractivity contribution < 1.29 is 4.79 Å². The molecule has 32 heavy (non-hydrogen) atoms. The van der Waals surface area contributed by atoms with Gasteiger partial charge in [0.2, 0.25) is 0 Å². The van der Waals surface area contributed by atoms with Crippen molar-refractivity contribution in [2.75, 3.05) is 6.54 Å². The Morgan fingerprint density at radius 1 is 1.06 bits per heavy atom. The number of amides is 1. The second kappa shape index (κ2) is 9.13. The standard InChI is InChI=1S/C26H26ClN3O2/c1-4-14-30(25(31)20-11-10-18-8-6-7-9-19(18)15-20)17(3)24-28-23-13-12-21(27)16-22(23)26(32)29(24)5-2/h6-13,15-17H,4-5,14H2,1-3H3. The molecule has 164 valence electrons. The lowest BCUT2D eigenvalue weighted by molar-refractivity contribution is 0.0679. The Balaban J connectivity index is 1.79. The molecule has 0 N–H and O–H groups in total. The van der Waals surface area contributed by atoms with E-state index < -0.39 is 0 Å². The summed E-state index contributed by atoms with van der Waals surface area (Å²) < 4.78 is 1.64. The molecule has 0 saturated carbocycles. The maximum absolute atomic E-state index is 13.6. The highest BCUT2D eigenvalue weighted by Gasteiger charge is 2.26.